The number of nitrogens with two attached hydrogens (primary N) is 1. The number of nitrogens with one attached hydrogen (secondary N) is 1. The first kappa shape index (κ1) is 13.0. The van der Waals surface area contributed by atoms with Crippen molar-refractivity contribution in [3.05, 3.63) is 45.3 Å². The molecule has 2 aromatic rings. The summed E-state index contributed by atoms with van der Waals surface area (Å²) < 4.78 is 0. The number of anilines is 1. The first-order valence-corrected chi connectivity index (χ1v) is 6.85. The van der Waals surface area contributed by atoms with Crippen molar-refractivity contribution >= 4 is 34.4 Å². The van der Waals surface area contributed by atoms with E-state index < -0.39 is 0 Å². The lowest BCUT2D eigenvalue weighted by molar-refractivity contribution is 1.13. The van der Waals surface area contributed by atoms with Gasteiger partial charge in [0, 0.05) is 16.0 Å². The van der Waals surface area contributed by atoms with E-state index in [1.807, 2.05) is 13.0 Å². The molecule has 18 heavy (non-hydrogen) atoms. The summed E-state index contributed by atoms with van der Waals surface area (Å²) >= 11 is 6.84. The summed E-state index contributed by atoms with van der Waals surface area (Å²) in [6, 6.07) is 6.14. The summed E-state index contributed by atoms with van der Waals surface area (Å²) in [6.45, 7) is 4.82. The third-order valence-electron chi connectivity index (χ3n) is 2.63. The van der Waals surface area contributed by atoms with Gasteiger partial charge < -0.3 is 11.1 Å². The standard InChI is InChI=1S/C13H15N3S2/c1-8-5-6-15-13(11(8)12(14)17)16-7-10-4-3-9(2)18-10/h3-6H,7H2,1-2H3,(H2,14,17)(H,15,16). The Labute approximate surface area is 116 Å². The van der Waals surface area contributed by atoms with Gasteiger partial charge in [0.25, 0.3) is 0 Å². The molecule has 0 aromatic carbocycles. The predicted octanol–water partition coefficient (Wildman–Crippen LogP) is 3.01. The Balaban J connectivity index is 2.19. The molecule has 0 unspecified atom stereocenters. The van der Waals surface area contributed by atoms with E-state index in [1.54, 1.807) is 17.5 Å². The summed E-state index contributed by atoms with van der Waals surface area (Å²) in [7, 11) is 0. The normalized spacial score (nSPS) is 10.3. The third kappa shape index (κ3) is 2.86. The van der Waals surface area contributed by atoms with E-state index in [9.17, 15) is 0 Å². The van der Waals surface area contributed by atoms with Crippen molar-refractivity contribution < 1.29 is 0 Å². The number of pyridine rings is 1. The van der Waals surface area contributed by atoms with Crippen LogP contribution in [0.15, 0.2) is 24.4 Å². The van der Waals surface area contributed by atoms with E-state index in [0.717, 1.165) is 23.5 Å². The Bertz CT molecular complexity index is 575. The van der Waals surface area contributed by atoms with Crippen LogP contribution < -0.4 is 11.1 Å². The minimum Gasteiger partial charge on any atom is -0.389 e. The number of hydrogen-bond acceptors (Lipinski definition) is 4. The van der Waals surface area contributed by atoms with Crippen molar-refractivity contribution in [1.29, 1.82) is 0 Å². The van der Waals surface area contributed by atoms with Gasteiger partial charge in [0.2, 0.25) is 0 Å². The molecule has 2 rings (SSSR count). The summed E-state index contributed by atoms with van der Waals surface area (Å²) in [4.78, 5) is 7.26. The van der Waals surface area contributed by atoms with Gasteiger partial charge in [-0.15, -0.1) is 11.3 Å². The molecule has 3 nitrogen and oxygen atoms in total. The van der Waals surface area contributed by atoms with Gasteiger partial charge in [0.15, 0.2) is 0 Å². The maximum Gasteiger partial charge on any atom is 0.136 e. The highest BCUT2D eigenvalue weighted by Crippen LogP contribution is 2.20. The second-order valence-electron chi connectivity index (χ2n) is 4.08. The van der Waals surface area contributed by atoms with E-state index in [4.69, 9.17) is 18.0 Å². The monoisotopic (exact) mass is 277 g/mol. The van der Waals surface area contributed by atoms with Crippen LogP contribution >= 0.6 is 23.6 Å². The maximum absolute atomic E-state index is 5.74. The maximum atomic E-state index is 5.74. The number of thiophene rings is 1. The molecule has 0 amide bonds. The molecule has 0 spiro atoms. The zero-order valence-electron chi connectivity index (χ0n) is 10.4. The Morgan fingerprint density at radius 1 is 1.39 bits per heavy atom. The lowest BCUT2D eigenvalue weighted by atomic mass is 10.1. The van der Waals surface area contributed by atoms with Crippen LogP contribution in [0, 0.1) is 13.8 Å². The number of aromatic nitrogens is 1. The van der Waals surface area contributed by atoms with Crippen LogP contribution in [0.3, 0.4) is 0 Å². The topological polar surface area (TPSA) is 50.9 Å². The van der Waals surface area contributed by atoms with E-state index in [0.29, 0.717) is 4.99 Å². The average molecular weight is 277 g/mol. The van der Waals surface area contributed by atoms with Gasteiger partial charge in [-0.1, -0.05) is 12.2 Å². The summed E-state index contributed by atoms with van der Waals surface area (Å²) in [5.41, 5.74) is 7.62. The molecule has 0 aliphatic heterocycles. The zero-order chi connectivity index (χ0) is 13.1. The van der Waals surface area contributed by atoms with Crippen LogP contribution in [-0.2, 0) is 6.54 Å². The Kier molecular flexibility index (Phi) is 3.93. The minimum atomic E-state index is 0.380. The van der Waals surface area contributed by atoms with Gasteiger partial charge in [-0.2, -0.15) is 0 Å². The first-order valence-electron chi connectivity index (χ1n) is 5.62. The van der Waals surface area contributed by atoms with Crippen molar-refractivity contribution in [2.45, 2.75) is 20.4 Å². The molecule has 0 atom stereocenters. The van der Waals surface area contributed by atoms with Crippen molar-refractivity contribution in [1.82, 2.24) is 4.98 Å². The van der Waals surface area contributed by atoms with Gasteiger partial charge in [-0.05, 0) is 37.6 Å². The summed E-state index contributed by atoms with van der Waals surface area (Å²) in [6.07, 6.45) is 1.76. The van der Waals surface area contributed by atoms with E-state index in [2.05, 4.69) is 29.4 Å². The molecular formula is C13H15N3S2. The third-order valence-corrected chi connectivity index (χ3v) is 3.84. The fourth-order valence-corrected chi connectivity index (χ4v) is 2.84. The lowest BCUT2D eigenvalue weighted by Gasteiger charge is -2.11. The van der Waals surface area contributed by atoms with Crippen LogP contribution in [0.4, 0.5) is 5.82 Å². The molecule has 0 bridgehead atoms. The smallest absolute Gasteiger partial charge is 0.136 e. The van der Waals surface area contributed by atoms with Crippen molar-refractivity contribution in [2.75, 3.05) is 5.32 Å². The molecule has 0 aliphatic rings. The zero-order valence-corrected chi connectivity index (χ0v) is 12.0. The fraction of sp³-hybridized carbons (Fsp3) is 0.231. The van der Waals surface area contributed by atoms with E-state index in [-0.39, 0.29) is 0 Å². The Hall–Kier alpha value is -1.46. The molecule has 0 radical (unpaired) electrons. The summed E-state index contributed by atoms with van der Waals surface area (Å²) in [5, 5.41) is 3.30. The highest BCUT2D eigenvalue weighted by molar-refractivity contribution is 7.80. The van der Waals surface area contributed by atoms with Crippen molar-refractivity contribution in [3.8, 4) is 0 Å². The molecule has 3 N–H and O–H groups in total. The molecule has 0 saturated heterocycles. The Morgan fingerprint density at radius 2 is 2.17 bits per heavy atom. The second-order valence-corrected chi connectivity index (χ2v) is 5.89. The molecule has 2 aromatic heterocycles. The first-order chi connectivity index (χ1) is 8.58. The van der Waals surface area contributed by atoms with E-state index in [1.165, 1.54) is 9.75 Å². The molecule has 0 fully saturated rings. The molecule has 0 aliphatic carbocycles. The highest BCUT2D eigenvalue weighted by Gasteiger charge is 2.09. The fourth-order valence-electron chi connectivity index (χ4n) is 1.75. The number of nitrogens with zero attached hydrogens (tertiary/aromatic N) is 1. The molecule has 0 saturated carbocycles. The number of thiocarbonyl (C=S) groups is 1. The SMILES string of the molecule is Cc1ccc(CNc2nccc(C)c2C(N)=S)s1. The van der Waals surface area contributed by atoms with Crippen molar-refractivity contribution in [3.63, 3.8) is 0 Å². The van der Waals surface area contributed by atoms with Crippen LogP contribution in [-0.4, -0.2) is 9.97 Å². The van der Waals surface area contributed by atoms with Crippen LogP contribution in [0.1, 0.15) is 20.9 Å². The molecule has 5 heteroatoms. The van der Waals surface area contributed by atoms with Crippen LogP contribution in [0.5, 0.6) is 0 Å². The van der Waals surface area contributed by atoms with Crippen LogP contribution in [0.25, 0.3) is 0 Å². The lowest BCUT2D eigenvalue weighted by Crippen LogP contribution is -2.15. The molecular weight excluding hydrogens is 262 g/mol. The van der Waals surface area contributed by atoms with Gasteiger partial charge >= 0.3 is 0 Å². The van der Waals surface area contributed by atoms with Crippen LogP contribution in [0.2, 0.25) is 0 Å². The van der Waals surface area contributed by atoms with E-state index >= 15 is 0 Å². The number of hydrogen-bond donors (Lipinski definition) is 2. The average Bonchev–Trinajstić information content (AvgIpc) is 2.72. The minimum absolute atomic E-state index is 0.380. The number of rotatable bonds is 4. The predicted molar refractivity (Wildman–Crippen MR) is 81.2 cm³/mol. The largest absolute Gasteiger partial charge is 0.389 e. The molecule has 2 heterocycles. The Morgan fingerprint density at radius 3 is 2.78 bits per heavy atom. The van der Waals surface area contributed by atoms with Gasteiger partial charge in [-0.25, -0.2) is 4.98 Å². The van der Waals surface area contributed by atoms with Crippen molar-refractivity contribution in [2.24, 2.45) is 5.73 Å². The van der Waals surface area contributed by atoms with Gasteiger partial charge in [0.1, 0.15) is 10.8 Å². The van der Waals surface area contributed by atoms with Gasteiger partial charge in [-0.3, -0.25) is 0 Å². The summed E-state index contributed by atoms with van der Waals surface area (Å²) in [5.74, 6) is 0.758. The highest BCUT2D eigenvalue weighted by atomic mass is 32.1. The molecule has 94 valence electrons. The second kappa shape index (κ2) is 5.46. The quantitative estimate of drug-likeness (QED) is 0.844. The number of aryl methyl sites for hydroxylation is 2. The van der Waals surface area contributed by atoms with Gasteiger partial charge in [0.05, 0.1) is 12.1 Å².